The van der Waals surface area contributed by atoms with E-state index in [2.05, 4.69) is 0 Å². The summed E-state index contributed by atoms with van der Waals surface area (Å²) in [5.41, 5.74) is 1.60. The number of halogens is 1. The molecule has 1 aliphatic heterocycles. The molecule has 0 fully saturated rings. The van der Waals surface area contributed by atoms with Crippen molar-refractivity contribution in [2.75, 3.05) is 12.9 Å². The van der Waals surface area contributed by atoms with Gasteiger partial charge in [-0.2, -0.15) is 0 Å². The van der Waals surface area contributed by atoms with E-state index in [0.717, 1.165) is 26.9 Å². The molecule has 4 aromatic rings. The first-order valence-electron chi connectivity index (χ1n) is 9.16. The van der Waals surface area contributed by atoms with Gasteiger partial charge in [0, 0.05) is 16.7 Å². The van der Waals surface area contributed by atoms with Gasteiger partial charge in [0.15, 0.2) is 0 Å². The third-order valence-corrected chi connectivity index (χ3v) is 6.47. The van der Waals surface area contributed by atoms with Crippen molar-refractivity contribution in [2.24, 2.45) is 0 Å². The van der Waals surface area contributed by atoms with Gasteiger partial charge in [-0.05, 0) is 46.0 Å². The minimum Gasteiger partial charge on any atom is -0.467 e. The molecule has 0 aliphatic carbocycles. The number of ether oxygens (including phenoxy) is 1. The number of hydrogen-bond donors (Lipinski definition) is 0. The van der Waals surface area contributed by atoms with E-state index in [1.165, 1.54) is 35.6 Å². The van der Waals surface area contributed by atoms with Gasteiger partial charge in [0.2, 0.25) is 0 Å². The van der Waals surface area contributed by atoms with Crippen LogP contribution >= 0.6 is 11.8 Å². The van der Waals surface area contributed by atoms with Crippen molar-refractivity contribution in [1.82, 2.24) is 4.57 Å². The molecule has 0 N–H and O–H groups in total. The fraction of sp³-hybridized carbons (Fsp3) is 0.130. The van der Waals surface area contributed by atoms with Crippen molar-refractivity contribution in [3.63, 3.8) is 0 Å². The van der Waals surface area contributed by atoms with Gasteiger partial charge in [-0.1, -0.05) is 36.4 Å². The summed E-state index contributed by atoms with van der Waals surface area (Å²) in [6, 6.07) is 17.3. The SMILES string of the molecule is COC(=O)[C@@H]1CSc2c(-c3ccccc3)c3cc4ccc(F)cc4cc3c(=O)n21. The Morgan fingerprint density at radius 3 is 2.59 bits per heavy atom. The molecule has 0 saturated carbocycles. The van der Waals surface area contributed by atoms with Gasteiger partial charge < -0.3 is 4.74 Å². The second-order valence-electron chi connectivity index (χ2n) is 6.96. The Bertz CT molecular complexity index is 1350. The Morgan fingerprint density at radius 2 is 1.83 bits per heavy atom. The van der Waals surface area contributed by atoms with Gasteiger partial charge in [0.1, 0.15) is 11.9 Å². The second-order valence-corrected chi connectivity index (χ2v) is 7.97. The molecule has 4 nitrogen and oxygen atoms in total. The smallest absolute Gasteiger partial charge is 0.329 e. The predicted molar refractivity (Wildman–Crippen MR) is 113 cm³/mol. The molecule has 0 radical (unpaired) electrons. The molecule has 0 unspecified atom stereocenters. The zero-order valence-corrected chi connectivity index (χ0v) is 16.3. The van der Waals surface area contributed by atoms with E-state index in [-0.39, 0.29) is 11.4 Å². The summed E-state index contributed by atoms with van der Waals surface area (Å²) in [7, 11) is 1.32. The molecule has 1 aliphatic rings. The van der Waals surface area contributed by atoms with Crippen LogP contribution in [-0.2, 0) is 9.53 Å². The molecule has 5 rings (SSSR count). The highest BCUT2D eigenvalue weighted by molar-refractivity contribution is 7.99. The normalized spacial score (nSPS) is 15.6. The summed E-state index contributed by atoms with van der Waals surface area (Å²) < 4.78 is 20.2. The van der Waals surface area contributed by atoms with Gasteiger partial charge in [0.05, 0.1) is 12.1 Å². The lowest BCUT2D eigenvalue weighted by Gasteiger charge is -2.17. The van der Waals surface area contributed by atoms with Crippen LogP contribution in [0.4, 0.5) is 4.39 Å². The summed E-state index contributed by atoms with van der Waals surface area (Å²) in [6.45, 7) is 0. The zero-order valence-electron chi connectivity index (χ0n) is 15.5. The third-order valence-electron chi connectivity index (χ3n) is 5.32. The van der Waals surface area contributed by atoms with E-state index >= 15 is 0 Å². The van der Waals surface area contributed by atoms with Crippen molar-refractivity contribution in [3.8, 4) is 11.1 Å². The number of pyridine rings is 1. The number of esters is 1. The van der Waals surface area contributed by atoms with Gasteiger partial charge in [-0.15, -0.1) is 11.8 Å². The predicted octanol–water partition coefficient (Wildman–Crippen LogP) is 4.78. The number of fused-ring (bicyclic) bond motifs is 3. The first-order valence-corrected chi connectivity index (χ1v) is 10.1. The van der Waals surface area contributed by atoms with Crippen LogP contribution < -0.4 is 5.56 Å². The van der Waals surface area contributed by atoms with Crippen LogP contribution in [0.5, 0.6) is 0 Å². The molecular formula is C23H16FNO3S. The summed E-state index contributed by atoms with van der Waals surface area (Å²) in [5.74, 6) is -0.361. The highest BCUT2D eigenvalue weighted by Gasteiger charge is 2.34. The monoisotopic (exact) mass is 405 g/mol. The number of hydrogen-bond acceptors (Lipinski definition) is 4. The van der Waals surface area contributed by atoms with Gasteiger partial charge in [-0.3, -0.25) is 9.36 Å². The van der Waals surface area contributed by atoms with Crippen molar-refractivity contribution in [3.05, 3.63) is 76.8 Å². The molecule has 3 aromatic carbocycles. The lowest BCUT2D eigenvalue weighted by atomic mass is 9.97. The highest BCUT2D eigenvalue weighted by atomic mass is 32.2. The van der Waals surface area contributed by atoms with E-state index < -0.39 is 12.0 Å². The molecule has 1 aromatic heterocycles. The van der Waals surface area contributed by atoms with Crippen LogP contribution in [0.2, 0.25) is 0 Å². The maximum Gasteiger partial charge on any atom is 0.329 e. The van der Waals surface area contributed by atoms with Crippen molar-refractivity contribution in [2.45, 2.75) is 11.1 Å². The summed E-state index contributed by atoms with van der Waals surface area (Å²) in [6.07, 6.45) is 0. The number of carbonyl (C=O) groups excluding carboxylic acids is 1. The summed E-state index contributed by atoms with van der Waals surface area (Å²) >= 11 is 1.48. The molecule has 2 heterocycles. The summed E-state index contributed by atoms with van der Waals surface area (Å²) in [4.78, 5) is 25.7. The quantitative estimate of drug-likeness (QED) is 0.356. The lowest BCUT2D eigenvalue weighted by Crippen LogP contribution is -2.30. The number of thioether (sulfide) groups is 1. The van der Waals surface area contributed by atoms with E-state index in [4.69, 9.17) is 4.74 Å². The summed E-state index contributed by atoms with van der Waals surface area (Å²) in [5, 5.41) is 3.51. The highest BCUT2D eigenvalue weighted by Crippen LogP contribution is 2.43. The Labute approximate surface area is 169 Å². The van der Waals surface area contributed by atoms with Crippen LogP contribution in [0.1, 0.15) is 6.04 Å². The maximum absolute atomic E-state index is 13.8. The number of benzene rings is 3. The fourth-order valence-corrected chi connectivity index (χ4v) is 5.28. The number of rotatable bonds is 2. The molecule has 6 heteroatoms. The molecule has 0 bridgehead atoms. The Hall–Kier alpha value is -3.12. The lowest BCUT2D eigenvalue weighted by molar-refractivity contribution is -0.143. The first-order chi connectivity index (χ1) is 14.1. The van der Waals surface area contributed by atoms with Crippen LogP contribution in [0, 0.1) is 5.82 Å². The van der Waals surface area contributed by atoms with Crippen LogP contribution in [0.15, 0.2) is 70.5 Å². The Kier molecular flexibility index (Phi) is 4.17. The maximum atomic E-state index is 13.8. The topological polar surface area (TPSA) is 48.3 Å². The fourth-order valence-electron chi connectivity index (χ4n) is 3.96. The number of carbonyl (C=O) groups is 1. The molecular weight excluding hydrogens is 389 g/mol. The molecule has 0 saturated heterocycles. The van der Waals surface area contributed by atoms with Crippen molar-refractivity contribution >= 4 is 39.3 Å². The van der Waals surface area contributed by atoms with Gasteiger partial charge in [-0.25, -0.2) is 9.18 Å². The van der Waals surface area contributed by atoms with E-state index in [9.17, 15) is 14.0 Å². The van der Waals surface area contributed by atoms with Gasteiger partial charge in [0.25, 0.3) is 5.56 Å². The van der Waals surface area contributed by atoms with E-state index in [1.807, 2.05) is 36.4 Å². The standard InChI is InChI=1S/C23H16FNO3S/c1-28-23(27)19-12-29-22-20(13-5-3-2-4-6-13)17-10-14-7-8-16(24)9-15(14)11-18(17)21(26)25(19)22/h2-11,19H,12H2,1H3/t19-/m0/s1. The minimum absolute atomic E-state index is 0.263. The second kappa shape index (κ2) is 6.74. The van der Waals surface area contributed by atoms with Crippen LogP contribution in [0.3, 0.4) is 0 Å². The van der Waals surface area contributed by atoms with Crippen LogP contribution in [-0.4, -0.2) is 23.4 Å². The Morgan fingerprint density at radius 1 is 1.07 bits per heavy atom. The van der Waals surface area contributed by atoms with Gasteiger partial charge >= 0.3 is 5.97 Å². The number of aromatic nitrogens is 1. The molecule has 144 valence electrons. The molecule has 29 heavy (non-hydrogen) atoms. The zero-order chi connectivity index (χ0) is 20.1. The Balaban J connectivity index is 1.95. The average Bonchev–Trinajstić information content (AvgIpc) is 3.18. The molecule has 1 atom stereocenters. The first kappa shape index (κ1) is 17.9. The minimum atomic E-state index is -0.678. The van der Waals surface area contributed by atoms with Crippen molar-refractivity contribution in [1.29, 1.82) is 0 Å². The van der Waals surface area contributed by atoms with Crippen molar-refractivity contribution < 1.29 is 13.9 Å². The number of nitrogens with zero attached hydrogens (tertiary/aromatic N) is 1. The van der Waals surface area contributed by atoms with E-state index in [0.29, 0.717) is 16.5 Å². The molecule has 0 spiro atoms. The largest absolute Gasteiger partial charge is 0.467 e. The molecule has 0 amide bonds. The van der Waals surface area contributed by atoms with Crippen LogP contribution in [0.25, 0.3) is 32.7 Å². The third kappa shape index (κ3) is 2.75. The average molecular weight is 405 g/mol. The van der Waals surface area contributed by atoms with E-state index in [1.54, 1.807) is 12.1 Å². The number of methoxy groups -OCH3 is 1.